The predicted octanol–water partition coefficient (Wildman–Crippen LogP) is 3.26. The largest absolute Gasteiger partial charge is 0.497 e. The number of rotatable bonds is 5. The number of nitrogens with one attached hydrogen (secondary N) is 1. The summed E-state index contributed by atoms with van der Waals surface area (Å²) in [4.78, 5) is 16.2. The van der Waals surface area contributed by atoms with Crippen LogP contribution in [0.1, 0.15) is 10.5 Å². The summed E-state index contributed by atoms with van der Waals surface area (Å²) < 4.78 is 61.6. The van der Waals surface area contributed by atoms with Crippen molar-refractivity contribution in [1.82, 2.24) is 14.3 Å². The predicted molar refractivity (Wildman–Crippen MR) is 104 cm³/mol. The smallest absolute Gasteiger partial charge is 0.285 e. The van der Waals surface area contributed by atoms with Gasteiger partial charge in [0.25, 0.3) is 15.9 Å². The third-order valence-electron chi connectivity index (χ3n) is 3.95. The average Bonchev–Trinajstić information content (AvgIpc) is 3.03. The van der Waals surface area contributed by atoms with Gasteiger partial charge in [-0.1, -0.05) is 6.07 Å². The summed E-state index contributed by atoms with van der Waals surface area (Å²) in [7, 11) is -1.48. The highest BCUT2D eigenvalue weighted by molar-refractivity contribution is 9.10. The normalized spacial score (nSPS) is 11.3. The van der Waals surface area contributed by atoms with Crippen molar-refractivity contribution in [3.63, 3.8) is 0 Å². The number of ether oxygens (including phenoxy) is 1. The molecule has 0 saturated carbocycles. The molecule has 0 atom stereocenters. The van der Waals surface area contributed by atoms with Crippen LogP contribution in [-0.4, -0.2) is 31.0 Å². The van der Waals surface area contributed by atoms with Crippen LogP contribution >= 0.6 is 15.9 Å². The SMILES string of the molecule is COc1ccc(Br)c(S(=O)(=O)NC(=O)c2cn(C)c(-c3c(F)cccc3F)n2)c1. The third-order valence-corrected chi connectivity index (χ3v) is 6.28. The Bertz CT molecular complexity index is 1190. The molecule has 0 bridgehead atoms. The lowest BCUT2D eigenvalue weighted by Crippen LogP contribution is -2.31. The molecule has 0 fully saturated rings. The quantitative estimate of drug-likeness (QED) is 0.598. The first kappa shape index (κ1) is 20.9. The summed E-state index contributed by atoms with van der Waals surface area (Å²) in [6.45, 7) is 0. The zero-order valence-electron chi connectivity index (χ0n) is 15.1. The molecule has 2 aromatic carbocycles. The number of aromatic nitrogens is 2. The van der Waals surface area contributed by atoms with Gasteiger partial charge in [-0.05, 0) is 40.2 Å². The molecule has 0 radical (unpaired) electrons. The highest BCUT2D eigenvalue weighted by atomic mass is 79.9. The monoisotopic (exact) mass is 485 g/mol. The van der Waals surface area contributed by atoms with Crippen molar-refractivity contribution in [2.45, 2.75) is 4.90 Å². The van der Waals surface area contributed by atoms with Gasteiger partial charge in [-0.25, -0.2) is 26.9 Å². The van der Waals surface area contributed by atoms with Crippen molar-refractivity contribution in [2.24, 2.45) is 7.05 Å². The van der Waals surface area contributed by atoms with E-state index in [9.17, 15) is 22.0 Å². The number of halogens is 3. The molecular formula is C18H14BrF2N3O4S. The minimum Gasteiger partial charge on any atom is -0.497 e. The summed E-state index contributed by atoms with van der Waals surface area (Å²) in [6, 6.07) is 7.54. The highest BCUT2D eigenvalue weighted by Crippen LogP contribution is 2.27. The van der Waals surface area contributed by atoms with Crippen LogP contribution in [0, 0.1) is 11.6 Å². The van der Waals surface area contributed by atoms with Gasteiger partial charge in [0.15, 0.2) is 0 Å². The van der Waals surface area contributed by atoms with E-state index in [1.54, 1.807) is 6.07 Å². The van der Waals surface area contributed by atoms with E-state index in [0.29, 0.717) is 0 Å². The van der Waals surface area contributed by atoms with E-state index in [1.165, 1.54) is 43.1 Å². The molecule has 1 N–H and O–H groups in total. The number of hydrogen-bond acceptors (Lipinski definition) is 5. The lowest BCUT2D eigenvalue weighted by molar-refractivity contribution is 0.0977. The zero-order valence-corrected chi connectivity index (χ0v) is 17.5. The Morgan fingerprint density at radius 2 is 1.86 bits per heavy atom. The van der Waals surface area contributed by atoms with Crippen LogP contribution in [0.5, 0.6) is 5.75 Å². The minimum atomic E-state index is -4.28. The number of amides is 1. The van der Waals surface area contributed by atoms with Gasteiger partial charge >= 0.3 is 0 Å². The Kier molecular flexibility index (Phi) is 5.71. The highest BCUT2D eigenvalue weighted by Gasteiger charge is 2.25. The summed E-state index contributed by atoms with van der Waals surface area (Å²) in [5.41, 5.74) is -0.750. The standard InChI is InChI=1S/C18H14BrF2N3O4S/c1-24-9-14(22-17(24)16-12(20)4-3-5-13(16)21)18(25)23-29(26,27)15-8-10(28-2)6-7-11(15)19/h3-9H,1-2H3,(H,23,25). The van der Waals surface area contributed by atoms with Gasteiger partial charge in [0.1, 0.15) is 33.8 Å². The van der Waals surface area contributed by atoms with Gasteiger partial charge in [-0.15, -0.1) is 0 Å². The first-order valence-corrected chi connectivity index (χ1v) is 10.3. The number of imidazole rings is 1. The molecule has 0 aliphatic heterocycles. The molecule has 0 unspecified atom stereocenters. The Hall–Kier alpha value is -2.79. The molecule has 7 nitrogen and oxygen atoms in total. The maximum absolute atomic E-state index is 14.0. The second-order valence-corrected chi connectivity index (χ2v) is 8.39. The molecule has 0 aliphatic carbocycles. The van der Waals surface area contributed by atoms with E-state index in [2.05, 4.69) is 20.9 Å². The second-order valence-electron chi connectivity index (χ2n) is 5.89. The number of benzene rings is 2. The Morgan fingerprint density at radius 1 is 1.21 bits per heavy atom. The van der Waals surface area contributed by atoms with Crippen molar-refractivity contribution in [2.75, 3.05) is 7.11 Å². The maximum atomic E-state index is 14.0. The van der Waals surface area contributed by atoms with E-state index in [-0.39, 0.29) is 26.6 Å². The van der Waals surface area contributed by atoms with Crippen LogP contribution in [0.25, 0.3) is 11.4 Å². The first-order valence-electron chi connectivity index (χ1n) is 8.02. The lowest BCUT2D eigenvalue weighted by atomic mass is 10.2. The number of methoxy groups -OCH3 is 1. The Balaban J connectivity index is 1.95. The fourth-order valence-electron chi connectivity index (χ4n) is 2.57. The van der Waals surface area contributed by atoms with Crippen LogP contribution < -0.4 is 9.46 Å². The fourth-order valence-corrected chi connectivity index (χ4v) is 4.51. The molecule has 3 aromatic rings. The van der Waals surface area contributed by atoms with Crippen molar-refractivity contribution < 1.29 is 26.7 Å². The number of hydrogen-bond donors (Lipinski definition) is 1. The van der Waals surface area contributed by atoms with Crippen LogP contribution in [0.3, 0.4) is 0 Å². The third kappa shape index (κ3) is 4.15. The number of sulfonamides is 1. The van der Waals surface area contributed by atoms with Crippen molar-refractivity contribution in [3.8, 4) is 17.1 Å². The van der Waals surface area contributed by atoms with E-state index in [4.69, 9.17) is 4.74 Å². The van der Waals surface area contributed by atoms with Crippen molar-refractivity contribution >= 4 is 31.9 Å². The maximum Gasteiger partial charge on any atom is 0.285 e. The van der Waals surface area contributed by atoms with E-state index >= 15 is 0 Å². The molecule has 1 aromatic heterocycles. The van der Waals surface area contributed by atoms with Gasteiger partial charge < -0.3 is 9.30 Å². The van der Waals surface area contributed by atoms with Crippen LogP contribution in [-0.2, 0) is 17.1 Å². The van der Waals surface area contributed by atoms with E-state index in [1.807, 2.05) is 4.72 Å². The summed E-state index contributed by atoms with van der Waals surface area (Å²) >= 11 is 3.11. The number of nitrogens with zero attached hydrogens (tertiary/aromatic N) is 2. The van der Waals surface area contributed by atoms with E-state index < -0.39 is 33.1 Å². The molecule has 152 valence electrons. The topological polar surface area (TPSA) is 90.3 Å². The van der Waals surface area contributed by atoms with E-state index in [0.717, 1.165) is 12.1 Å². The molecule has 3 rings (SSSR count). The first-order chi connectivity index (χ1) is 13.6. The van der Waals surface area contributed by atoms with Crippen LogP contribution in [0.4, 0.5) is 8.78 Å². The van der Waals surface area contributed by atoms with Gasteiger partial charge in [0.05, 0.1) is 12.7 Å². The van der Waals surface area contributed by atoms with Gasteiger partial charge in [0.2, 0.25) is 0 Å². The van der Waals surface area contributed by atoms with Crippen molar-refractivity contribution in [3.05, 3.63) is 64.4 Å². The zero-order chi connectivity index (χ0) is 21.3. The lowest BCUT2D eigenvalue weighted by Gasteiger charge is -2.09. The summed E-state index contributed by atoms with van der Waals surface area (Å²) in [5.74, 6) is -2.67. The molecule has 0 aliphatic rings. The molecular weight excluding hydrogens is 472 g/mol. The van der Waals surface area contributed by atoms with Crippen molar-refractivity contribution in [1.29, 1.82) is 0 Å². The molecule has 1 heterocycles. The molecule has 0 saturated heterocycles. The molecule has 11 heteroatoms. The van der Waals surface area contributed by atoms with Gasteiger partial charge in [-0.3, -0.25) is 4.79 Å². The molecule has 1 amide bonds. The average molecular weight is 486 g/mol. The molecule has 29 heavy (non-hydrogen) atoms. The van der Waals surface area contributed by atoms with Gasteiger partial charge in [-0.2, -0.15) is 0 Å². The fraction of sp³-hybridized carbons (Fsp3) is 0.111. The summed E-state index contributed by atoms with van der Waals surface area (Å²) in [6.07, 6.45) is 1.17. The minimum absolute atomic E-state index is 0.161. The number of carbonyl (C=O) groups excluding carboxylic acids is 1. The van der Waals surface area contributed by atoms with Gasteiger partial charge in [0, 0.05) is 23.8 Å². The number of carbonyl (C=O) groups is 1. The number of aryl methyl sites for hydroxylation is 1. The second kappa shape index (κ2) is 7.91. The Morgan fingerprint density at radius 3 is 2.48 bits per heavy atom. The molecule has 0 spiro atoms. The summed E-state index contributed by atoms with van der Waals surface area (Å²) in [5, 5.41) is 0. The van der Waals surface area contributed by atoms with Crippen LogP contribution in [0.15, 0.2) is 52.0 Å². The Labute approximate surface area is 173 Å². The van der Waals surface area contributed by atoms with Crippen LogP contribution in [0.2, 0.25) is 0 Å².